The summed E-state index contributed by atoms with van der Waals surface area (Å²) in [6, 6.07) is 3.53. The summed E-state index contributed by atoms with van der Waals surface area (Å²) < 4.78 is 31.3. The maximum atomic E-state index is 12.6. The number of halogens is 1. The molecule has 1 N–H and O–H groups in total. The predicted octanol–water partition coefficient (Wildman–Crippen LogP) is 2.83. The van der Waals surface area contributed by atoms with Gasteiger partial charge in [-0.15, -0.1) is 0 Å². The van der Waals surface area contributed by atoms with Crippen LogP contribution < -0.4 is 5.32 Å². The van der Waals surface area contributed by atoms with E-state index in [1.807, 2.05) is 13.8 Å². The summed E-state index contributed by atoms with van der Waals surface area (Å²) in [4.78, 5) is 24.0. The number of ether oxygens (including phenoxy) is 1. The van der Waals surface area contributed by atoms with Gasteiger partial charge in [-0.05, 0) is 45.4 Å². The molecule has 7 nitrogen and oxygen atoms in total. The number of sulfonamides is 1. The molecule has 0 saturated heterocycles. The number of rotatable bonds is 9. The molecule has 0 radical (unpaired) electrons. The highest BCUT2D eigenvalue weighted by Crippen LogP contribution is 2.24. The quantitative estimate of drug-likeness (QED) is 0.622. The van der Waals surface area contributed by atoms with Gasteiger partial charge in [-0.25, -0.2) is 13.2 Å². The summed E-state index contributed by atoms with van der Waals surface area (Å²) in [6.45, 7) is 6.87. The molecule has 0 fully saturated rings. The van der Waals surface area contributed by atoms with E-state index in [9.17, 15) is 18.0 Å². The van der Waals surface area contributed by atoms with Gasteiger partial charge in [0.15, 0.2) is 6.61 Å². The Morgan fingerprint density at radius 2 is 1.89 bits per heavy atom. The topological polar surface area (TPSA) is 92.8 Å². The van der Waals surface area contributed by atoms with Gasteiger partial charge in [0.25, 0.3) is 5.91 Å². The van der Waals surface area contributed by atoms with Crippen LogP contribution in [0.15, 0.2) is 23.1 Å². The van der Waals surface area contributed by atoms with Crippen molar-refractivity contribution in [2.24, 2.45) is 0 Å². The highest BCUT2D eigenvalue weighted by atomic mass is 35.5. The summed E-state index contributed by atoms with van der Waals surface area (Å²) in [5, 5.41) is 2.76. The molecule has 0 aliphatic carbocycles. The molecule has 9 heteroatoms. The first-order valence-corrected chi connectivity index (χ1v) is 10.6. The van der Waals surface area contributed by atoms with Crippen molar-refractivity contribution < 1.29 is 22.7 Å². The zero-order chi connectivity index (χ0) is 20.8. The average molecular weight is 419 g/mol. The molecule has 1 atom stereocenters. The van der Waals surface area contributed by atoms with Crippen LogP contribution in [-0.2, 0) is 19.6 Å². The second kappa shape index (κ2) is 10.1. The number of nitrogens with zero attached hydrogens (tertiary/aromatic N) is 1. The van der Waals surface area contributed by atoms with E-state index in [0.29, 0.717) is 0 Å². The lowest BCUT2D eigenvalue weighted by Gasteiger charge is -2.21. The van der Waals surface area contributed by atoms with Crippen LogP contribution in [0, 0.1) is 0 Å². The van der Waals surface area contributed by atoms with Crippen LogP contribution in [-0.4, -0.2) is 50.3 Å². The maximum absolute atomic E-state index is 12.6. The maximum Gasteiger partial charge on any atom is 0.340 e. The van der Waals surface area contributed by atoms with Crippen molar-refractivity contribution in [3.8, 4) is 0 Å². The standard InChI is InChI=1S/C18H27ClN2O5S/c1-6-7-13(4)20-17(22)11-26-18(23)15-10-14(8-9-16(15)19)27(24,25)21(5)12(2)3/h8-10,12-13H,6-7,11H2,1-5H3,(H,20,22)/t13-/m0/s1. The highest BCUT2D eigenvalue weighted by Gasteiger charge is 2.25. The Morgan fingerprint density at radius 1 is 1.26 bits per heavy atom. The third-order valence-corrected chi connectivity index (χ3v) is 6.38. The van der Waals surface area contributed by atoms with Crippen molar-refractivity contribution in [2.75, 3.05) is 13.7 Å². The number of benzene rings is 1. The summed E-state index contributed by atoms with van der Waals surface area (Å²) in [5.41, 5.74) is -0.107. The van der Waals surface area contributed by atoms with Crippen molar-refractivity contribution in [1.82, 2.24) is 9.62 Å². The fourth-order valence-corrected chi connectivity index (χ4v) is 3.88. The number of carbonyl (C=O) groups is 2. The monoisotopic (exact) mass is 418 g/mol. The van der Waals surface area contributed by atoms with E-state index in [2.05, 4.69) is 5.32 Å². The minimum atomic E-state index is -3.78. The van der Waals surface area contributed by atoms with E-state index >= 15 is 0 Å². The van der Waals surface area contributed by atoms with Crippen molar-refractivity contribution >= 4 is 33.5 Å². The summed E-state index contributed by atoms with van der Waals surface area (Å²) in [6.07, 6.45) is 1.73. The molecule has 1 aromatic carbocycles. The normalized spacial score (nSPS) is 12.9. The number of hydrogen-bond donors (Lipinski definition) is 1. The van der Waals surface area contributed by atoms with E-state index in [4.69, 9.17) is 16.3 Å². The molecule has 27 heavy (non-hydrogen) atoms. The minimum Gasteiger partial charge on any atom is -0.452 e. The Kier molecular flexibility index (Phi) is 8.71. The lowest BCUT2D eigenvalue weighted by atomic mass is 10.2. The molecule has 0 unspecified atom stereocenters. The van der Waals surface area contributed by atoms with Crippen molar-refractivity contribution in [1.29, 1.82) is 0 Å². The fraction of sp³-hybridized carbons (Fsp3) is 0.556. The Hall–Kier alpha value is -1.64. The summed E-state index contributed by atoms with van der Waals surface area (Å²) in [7, 11) is -2.32. The Balaban J connectivity index is 2.91. The molecule has 0 aliphatic rings. The van der Waals surface area contributed by atoms with Crippen LogP contribution in [0.25, 0.3) is 0 Å². The van der Waals surface area contributed by atoms with Crippen molar-refractivity contribution in [3.63, 3.8) is 0 Å². The van der Waals surface area contributed by atoms with Crippen LogP contribution in [0.2, 0.25) is 5.02 Å². The lowest BCUT2D eigenvalue weighted by molar-refractivity contribution is -0.124. The van der Waals surface area contributed by atoms with E-state index in [-0.39, 0.29) is 27.6 Å². The minimum absolute atomic E-state index is 0.0233. The molecule has 0 saturated carbocycles. The molecule has 0 aromatic heterocycles. The zero-order valence-electron chi connectivity index (χ0n) is 16.3. The largest absolute Gasteiger partial charge is 0.452 e. The van der Waals surface area contributed by atoms with Crippen LogP contribution in [0.3, 0.4) is 0 Å². The molecule has 1 amide bonds. The molecule has 1 rings (SSSR count). The lowest BCUT2D eigenvalue weighted by Crippen LogP contribution is -2.35. The Bertz CT molecular complexity index is 780. The number of nitrogens with one attached hydrogen (secondary N) is 1. The van der Waals surface area contributed by atoms with Crippen LogP contribution >= 0.6 is 11.6 Å². The molecule has 0 bridgehead atoms. The van der Waals surface area contributed by atoms with Gasteiger partial charge in [0.1, 0.15) is 0 Å². The molecular formula is C18H27ClN2O5S. The average Bonchev–Trinajstić information content (AvgIpc) is 2.59. The number of esters is 1. The highest BCUT2D eigenvalue weighted by molar-refractivity contribution is 7.89. The van der Waals surface area contributed by atoms with E-state index in [0.717, 1.165) is 18.9 Å². The Labute approximate surface area is 166 Å². The fourth-order valence-electron chi connectivity index (χ4n) is 2.30. The zero-order valence-corrected chi connectivity index (χ0v) is 17.9. The molecule has 152 valence electrons. The predicted molar refractivity (Wildman–Crippen MR) is 104 cm³/mol. The van der Waals surface area contributed by atoms with Crippen LogP contribution in [0.1, 0.15) is 50.9 Å². The molecule has 0 heterocycles. The molecule has 1 aromatic rings. The first kappa shape index (κ1) is 23.4. The summed E-state index contributed by atoms with van der Waals surface area (Å²) >= 11 is 6.01. The van der Waals surface area contributed by atoms with E-state index in [1.54, 1.807) is 13.8 Å². The van der Waals surface area contributed by atoms with Crippen LogP contribution in [0.5, 0.6) is 0 Å². The van der Waals surface area contributed by atoms with Gasteiger partial charge in [-0.2, -0.15) is 4.31 Å². The third-order valence-electron chi connectivity index (χ3n) is 4.03. The van der Waals surface area contributed by atoms with Gasteiger partial charge in [0.2, 0.25) is 10.0 Å². The van der Waals surface area contributed by atoms with Crippen molar-refractivity contribution in [3.05, 3.63) is 28.8 Å². The number of amides is 1. The van der Waals surface area contributed by atoms with Gasteiger partial charge in [0, 0.05) is 19.1 Å². The Morgan fingerprint density at radius 3 is 2.44 bits per heavy atom. The van der Waals surface area contributed by atoms with Crippen molar-refractivity contribution in [2.45, 2.75) is 57.5 Å². The SMILES string of the molecule is CCC[C@H](C)NC(=O)COC(=O)c1cc(S(=O)(=O)N(C)C(C)C)ccc1Cl. The van der Waals surface area contributed by atoms with Gasteiger partial charge < -0.3 is 10.1 Å². The second-order valence-electron chi connectivity index (χ2n) is 6.59. The molecular weight excluding hydrogens is 392 g/mol. The third kappa shape index (κ3) is 6.48. The van der Waals surface area contributed by atoms with E-state index in [1.165, 1.54) is 23.5 Å². The number of carbonyl (C=O) groups excluding carboxylic acids is 2. The number of hydrogen-bond acceptors (Lipinski definition) is 5. The van der Waals surface area contributed by atoms with E-state index < -0.39 is 28.5 Å². The van der Waals surface area contributed by atoms with Gasteiger partial charge in [-0.3, -0.25) is 4.79 Å². The molecule has 0 spiro atoms. The van der Waals surface area contributed by atoms with Crippen LogP contribution in [0.4, 0.5) is 0 Å². The van der Waals surface area contributed by atoms with Gasteiger partial charge in [0.05, 0.1) is 15.5 Å². The van der Waals surface area contributed by atoms with Gasteiger partial charge in [-0.1, -0.05) is 24.9 Å². The summed E-state index contributed by atoms with van der Waals surface area (Å²) in [5.74, 6) is -1.29. The smallest absolute Gasteiger partial charge is 0.340 e. The molecule has 0 aliphatic heterocycles. The second-order valence-corrected chi connectivity index (χ2v) is 8.99. The first-order valence-electron chi connectivity index (χ1n) is 8.74. The van der Waals surface area contributed by atoms with Gasteiger partial charge >= 0.3 is 5.97 Å². The first-order chi connectivity index (χ1) is 12.5.